The third kappa shape index (κ3) is 3.89. The Kier molecular flexibility index (Phi) is 5.57. The maximum atomic E-state index is 14.1. The fraction of sp³-hybridized carbons (Fsp3) is 0.571. The zero-order valence-corrected chi connectivity index (χ0v) is 11.3. The van der Waals surface area contributed by atoms with Crippen LogP contribution in [0.3, 0.4) is 0 Å². The summed E-state index contributed by atoms with van der Waals surface area (Å²) in [5, 5.41) is 3.26. The van der Waals surface area contributed by atoms with Crippen molar-refractivity contribution in [1.29, 1.82) is 0 Å². The number of para-hydroxylation sites is 1. The van der Waals surface area contributed by atoms with Crippen LogP contribution in [0, 0.1) is 5.82 Å². The molecule has 0 unspecified atom stereocenters. The molecule has 1 aliphatic heterocycles. The molecule has 1 fully saturated rings. The van der Waals surface area contributed by atoms with E-state index in [2.05, 4.69) is 10.2 Å². The highest BCUT2D eigenvalue weighted by molar-refractivity contribution is 5.55. The molecule has 0 atom stereocenters. The van der Waals surface area contributed by atoms with Gasteiger partial charge in [-0.1, -0.05) is 12.1 Å². The minimum absolute atomic E-state index is 0.159. The van der Waals surface area contributed by atoms with Crippen molar-refractivity contribution in [2.45, 2.75) is 6.54 Å². The summed E-state index contributed by atoms with van der Waals surface area (Å²) in [6, 6.07) is 5.24. The number of morpholine rings is 1. The molecule has 106 valence electrons. The summed E-state index contributed by atoms with van der Waals surface area (Å²) in [5.74, 6) is -0.159. The Labute approximate surface area is 113 Å². The van der Waals surface area contributed by atoms with Crippen molar-refractivity contribution in [2.75, 3.05) is 51.5 Å². The van der Waals surface area contributed by atoms with Crippen LogP contribution in [0.1, 0.15) is 5.56 Å². The van der Waals surface area contributed by atoms with Gasteiger partial charge in [0.25, 0.3) is 0 Å². The normalized spacial score (nSPS) is 15.8. The number of nitrogens with zero attached hydrogens (tertiary/aromatic N) is 1. The summed E-state index contributed by atoms with van der Waals surface area (Å²) in [6.07, 6.45) is 0. The van der Waals surface area contributed by atoms with E-state index in [1.807, 2.05) is 6.07 Å². The van der Waals surface area contributed by atoms with Crippen molar-refractivity contribution in [1.82, 2.24) is 5.32 Å². The monoisotopic (exact) mass is 268 g/mol. The molecular weight excluding hydrogens is 247 g/mol. The molecule has 1 heterocycles. The van der Waals surface area contributed by atoms with E-state index in [-0.39, 0.29) is 5.82 Å². The van der Waals surface area contributed by atoms with Crippen molar-refractivity contribution in [3.05, 3.63) is 29.6 Å². The molecule has 0 bridgehead atoms. The molecule has 0 aliphatic carbocycles. The average molecular weight is 268 g/mol. The maximum Gasteiger partial charge on any atom is 0.146 e. The number of rotatable bonds is 6. The first-order valence-corrected chi connectivity index (χ1v) is 6.62. The van der Waals surface area contributed by atoms with Gasteiger partial charge in [0.1, 0.15) is 5.82 Å². The van der Waals surface area contributed by atoms with Crippen molar-refractivity contribution in [3.8, 4) is 0 Å². The minimum atomic E-state index is -0.159. The molecule has 0 spiro atoms. The van der Waals surface area contributed by atoms with Gasteiger partial charge < -0.3 is 19.7 Å². The zero-order chi connectivity index (χ0) is 13.5. The summed E-state index contributed by atoms with van der Waals surface area (Å²) in [4.78, 5) is 2.06. The molecule has 1 saturated heterocycles. The molecule has 2 rings (SSSR count). The molecule has 0 radical (unpaired) electrons. The summed E-state index contributed by atoms with van der Waals surface area (Å²) in [6.45, 7) is 4.86. The first-order valence-electron chi connectivity index (χ1n) is 6.62. The average Bonchev–Trinajstić information content (AvgIpc) is 2.45. The van der Waals surface area contributed by atoms with Gasteiger partial charge in [0.05, 0.1) is 25.5 Å². The van der Waals surface area contributed by atoms with Gasteiger partial charge in [-0.05, 0) is 11.6 Å². The quantitative estimate of drug-likeness (QED) is 0.791. The number of methoxy groups -OCH3 is 1. The Morgan fingerprint density at radius 1 is 1.37 bits per heavy atom. The van der Waals surface area contributed by atoms with Gasteiger partial charge in [-0.3, -0.25) is 0 Å². The van der Waals surface area contributed by atoms with E-state index >= 15 is 0 Å². The Morgan fingerprint density at radius 3 is 2.89 bits per heavy atom. The van der Waals surface area contributed by atoms with Crippen molar-refractivity contribution in [2.24, 2.45) is 0 Å². The first-order chi connectivity index (χ1) is 9.33. The third-order valence-electron chi connectivity index (χ3n) is 3.20. The van der Waals surface area contributed by atoms with Gasteiger partial charge in [-0.2, -0.15) is 0 Å². The van der Waals surface area contributed by atoms with E-state index in [1.54, 1.807) is 13.2 Å². The van der Waals surface area contributed by atoms with Gasteiger partial charge in [0.15, 0.2) is 0 Å². The van der Waals surface area contributed by atoms with Crippen LogP contribution in [0.5, 0.6) is 0 Å². The molecule has 4 nitrogen and oxygen atoms in total. The number of hydrogen-bond donors (Lipinski definition) is 1. The molecular formula is C14H21FN2O2. The van der Waals surface area contributed by atoms with E-state index in [1.165, 1.54) is 6.07 Å². The highest BCUT2D eigenvalue weighted by Crippen LogP contribution is 2.25. The Hall–Kier alpha value is -1.17. The largest absolute Gasteiger partial charge is 0.383 e. The van der Waals surface area contributed by atoms with Crippen LogP contribution < -0.4 is 10.2 Å². The SMILES string of the molecule is COCCNCc1cccc(F)c1N1CCOCC1. The minimum Gasteiger partial charge on any atom is -0.383 e. The molecule has 0 amide bonds. The summed E-state index contributed by atoms with van der Waals surface area (Å²) < 4.78 is 24.4. The van der Waals surface area contributed by atoms with E-state index in [0.29, 0.717) is 32.1 Å². The Balaban J connectivity index is 2.06. The van der Waals surface area contributed by atoms with Crippen molar-refractivity contribution in [3.63, 3.8) is 0 Å². The summed E-state index contributed by atoms with van der Waals surface area (Å²) >= 11 is 0. The number of halogens is 1. The fourth-order valence-electron chi connectivity index (χ4n) is 2.24. The van der Waals surface area contributed by atoms with Gasteiger partial charge in [0.2, 0.25) is 0 Å². The van der Waals surface area contributed by atoms with E-state index in [0.717, 1.165) is 25.2 Å². The third-order valence-corrected chi connectivity index (χ3v) is 3.20. The topological polar surface area (TPSA) is 33.7 Å². The van der Waals surface area contributed by atoms with Crippen LogP contribution in [0.4, 0.5) is 10.1 Å². The van der Waals surface area contributed by atoms with Crippen LogP contribution in [0.2, 0.25) is 0 Å². The van der Waals surface area contributed by atoms with Gasteiger partial charge in [0, 0.05) is 33.3 Å². The van der Waals surface area contributed by atoms with Gasteiger partial charge in [-0.15, -0.1) is 0 Å². The Bertz CT molecular complexity index is 395. The molecule has 5 heteroatoms. The lowest BCUT2D eigenvalue weighted by atomic mass is 10.1. The highest BCUT2D eigenvalue weighted by Gasteiger charge is 2.18. The van der Waals surface area contributed by atoms with Crippen molar-refractivity contribution < 1.29 is 13.9 Å². The van der Waals surface area contributed by atoms with E-state index < -0.39 is 0 Å². The van der Waals surface area contributed by atoms with Crippen LogP contribution in [-0.4, -0.2) is 46.6 Å². The van der Waals surface area contributed by atoms with Crippen molar-refractivity contribution >= 4 is 5.69 Å². The molecule has 0 saturated carbocycles. The molecule has 1 aromatic carbocycles. The number of ether oxygens (including phenoxy) is 2. The summed E-state index contributed by atoms with van der Waals surface area (Å²) in [7, 11) is 1.67. The van der Waals surface area contributed by atoms with Gasteiger partial charge >= 0.3 is 0 Å². The van der Waals surface area contributed by atoms with Crippen LogP contribution in [-0.2, 0) is 16.0 Å². The van der Waals surface area contributed by atoms with E-state index in [4.69, 9.17) is 9.47 Å². The van der Waals surface area contributed by atoms with Crippen LogP contribution in [0.25, 0.3) is 0 Å². The lowest BCUT2D eigenvalue weighted by Gasteiger charge is -2.31. The molecule has 0 aromatic heterocycles. The maximum absolute atomic E-state index is 14.1. The second kappa shape index (κ2) is 7.43. The smallest absolute Gasteiger partial charge is 0.146 e. The zero-order valence-electron chi connectivity index (χ0n) is 11.3. The predicted octanol–water partition coefficient (Wildman–Crippen LogP) is 1.40. The lowest BCUT2D eigenvalue weighted by Crippen LogP contribution is -2.37. The molecule has 1 aromatic rings. The fourth-order valence-corrected chi connectivity index (χ4v) is 2.24. The number of nitrogens with one attached hydrogen (secondary N) is 1. The first kappa shape index (κ1) is 14.2. The highest BCUT2D eigenvalue weighted by atomic mass is 19.1. The molecule has 19 heavy (non-hydrogen) atoms. The predicted molar refractivity (Wildman–Crippen MR) is 73.0 cm³/mol. The number of hydrogen-bond acceptors (Lipinski definition) is 4. The van der Waals surface area contributed by atoms with E-state index in [9.17, 15) is 4.39 Å². The van der Waals surface area contributed by atoms with Crippen LogP contribution >= 0.6 is 0 Å². The second-order valence-electron chi connectivity index (χ2n) is 4.52. The lowest BCUT2D eigenvalue weighted by molar-refractivity contribution is 0.122. The van der Waals surface area contributed by atoms with Crippen LogP contribution in [0.15, 0.2) is 18.2 Å². The van der Waals surface area contributed by atoms with Gasteiger partial charge in [-0.25, -0.2) is 4.39 Å². The summed E-state index contributed by atoms with van der Waals surface area (Å²) in [5.41, 5.74) is 1.69. The second-order valence-corrected chi connectivity index (χ2v) is 4.52. The molecule has 1 N–H and O–H groups in total. The molecule has 1 aliphatic rings. The Morgan fingerprint density at radius 2 is 2.16 bits per heavy atom. The number of anilines is 1. The standard InChI is InChI=1S/C14H21FN2O2/c1-18-8-5-16-11-12-3-2-4-13(15)14(12)17-6-9-19-10-7-17/h2-4,16H,5-11H2,1H3. The number of benzene rings is 1.